The van der Waals surface area contributed by atoms with Crippen molar-refractivity contribution in [3.63, 3.8) is 0 Å². The molecule has 0 radical (unpaired) electrons. The van der Waals surface area contributed by atoms with Gasteiger partial charge in [-0.15, -0.1) is 0 Å². The highest BCUT2D eigenvalue weighted by atomic mass is 28.4. The number of amides is 2. The van der Waals surface area contributed by atoms with Crippen molar-refractivity contribution < 1.29 is 28.6 Å². The molecule has 2 aliphatic carbocycles. The van der Waals surface area contributed by atoms with Crippen LogP contribution in [0.15, 0.2) is 86.0 Å². The Balaban J connectivity index is 0.000000164. The van der Waals surface area contributed by atoms with Gasteiger partial charge in [0.05, 0.1) is 37.1 Å². The van der Waals surface area contributed by atoms with E-state index < -0.39 is 14.4 Å². The number of fused-ring (bicyclic) bond motifs is 2. The van der Waals surface area contributed by atoms with Gasteiger partial charge in [-0.05, 0) is 78.9 Å². The van der Waals surface area contributed by atoms with Crippen molar-refractivity contribution in [3.8, 4) is 0 Å². The molecule has 4 aromatic heterocycles. The van der Waals surface area contributed by atoms with E-state index in [1.54, 1.807) is 49.1 Å². The molecule has 2 aliphatic heterocycles. The summed E-state index contributed by atoms with van der Waals surface area (Å²) in [5.74, 6) is 0.244. The lowest BCUT2D eigenvalue weighted by atomic mass is 9.97. The molecule has 2 aromatic carbocycles. The Kier molecular flexibility index (Phi) is 11.1. The summed E-state index contributed by atoms with van der Waals surface area (Å²) in [6.45, 7) is 15.9. The molecule has 2 saturated heterocycles. The standard InChI is InChI=1S/C26H35N5O3Si.C20H21N5O3/c1-25(2,3)35(5,6)34-18-14-19(33-21(18)26(4)12-13-26)31-16-29-20-22(27-15-28-23(20)31)30-24(32)17-10-8-7-9-11-17;1-20(7-8-20)16-13(26)9-14(28-16)25-11-23-15-17(21-10-22-18(15)25)24-19(27)12-5-3-2-4-6-12/h7-11,15-16,18-19,21H,12-14H2,1-6H3,(H,27,28,30,32);2-6,10-11,13-14,16,26H,7-9H2,1H3,(H,21,22,24,27)/t18-,19-,21+;13-,14-,16+/m11/s1. The maximum atomic E-state index is 12.7. The normalized spacial score (nSPS) is 24.8. The molecule has 0 unspecified atom stereocenters. The summed E-state index contributed by atoms with van der Waals surface area (Å²) in [7, 11) is -1.97. The van der Waals surface area contributed by atoms with E-state index >= 15 is 0 Å². The van der Waals surface area contributed by atoms with Crippen LogP contribution in [-0.2, 0) is 13.9 Å². The van der Waals surface area contributed by atoms with Gasteiger partial charge in [-0.25, -0.2) is 29.9 Å². The lowest BCUT2D eigenvalue weighted by molar-refractivity contribution is -0.0518. The third-order valence-corrected chi connectivity index (χ3v) is 18.3. The van der Waals surface area contributed by atoms with E-state index in [0.29, 0.717) is 51.5 Å². The quantitative estimate of drug-likeness (QED) is 0.112. The topological polar surface area (TPSA) is 193 Å². The molecule has 6 atom stereocenters. The second kappa shape index (κ2) is 16.3. The molecule has 16 nitrogen and oxygen atoms in total. The van der Waals surface area contributed by atoms with Crippen LogP contribution < -0.4 is 10.6 Å². The van der Waals surface area contributed by atoms with Crippen LogP contribution in [0.3, 0.4) is 0 Å². The highest BCUT2D eigenvalue weighted by Gasteiger charge is 2.56. The number of hydrogen-bond donors (Lipinski definition) is 3. The van der Waals surface area contributed by atoms with Crippen LogP contribution in [0.1, 0.15) is 106 Å². The first kappa shape index (κ1) is 42.8. The van der Waals surface area contributed by atoms with E-state index in [4.69, 9.17) is 13.9 Å². The molecule has 0 spiro atoms. The van der Waals surface area contributed by atoms with Crippen molar-refractivity contribution in [1.82, 2.24) is 39.0 Å². The molecular weight excluding hydrogens is 817 g/mol. The minimum Gasteiger partial charge on any atom is -0.411 e. The highest BCUT2D eigenvalue weighted by molar-refractivity contribution is 6.74. The second-order valence-electron chi connectivity index (χ2n) is 19.5. The van der Waals surface area contributed by atoms with Crippen molar-refractivity contribution >= 4 is 54.1 Å². The molecule has 4 fully saturated rings. The van der Waals surface area contributed by atoms with Crippen LogP contribution in [0.4, 0.5) is 11.6 Å². The summed E-state index contributed by atoms with van der Waals surface area (Å²) in [4.78, 5) is 51.4. The number of nitrogens with zero attached hydrogens (tertiary/aromatic N) is 8. The number of hydrogen-bond acceptors (Lipinski definition) is 12. The third kappa shape index (κ3) is 8.51. The fraction of sp³-hybridized carbons (Fsp3) is 0.478. The summed E-state index contributed by atoms with van der Waals surface area (Å²) in [5, 5.41) is 16.3. The molecule has 6 aromatic rings. The monoisotopic (exact) mass is 872 g/mol. The lowest BCUT2D eigenvalue weighted by Crippen LogP contribution is -2.47. The van der Waals surface area contributed by atoms with Gasteiger partial charge in [-0.1, -0.05) is 71.0 Å². The van der Waals surface area contributed by atoms with Crippen LogP contribution in [0.25, 0.3) is 22.3 Å². The molecule has 3 N–H and O–H groups in total. The van der Waals surface area contributed by atoms with Crippen molar-refractivity contribution in [3.05, 3.63) is 97.1 Å². The molecule has 2 amide bonds. The van der Waals surface area contributed by atoms with Crippen molar-refractivity contribution in [2.24, 2.45) is 10.8 Å². The number of aromatic nitrogens is 8. The maximum Gasteiger partial charge on any atom is 0.256 e. The van der Waals surface area contributed by atoms with E-state index in [-0.39, 0.29) is 58.5 Å². The Morgan fingerprint density at radius 1 is 0.698 bits per heavy atom. The van der Waals surface area contributed by atoms with Crippen molar-refractivity contribution in [2.75, 3.05) is 10.6 Å². The van der Waals surface area contributed by atoms with Gasteiger partial charge >= 0.3 is 0 Å². The Bertz CT molecular complexity index is 2620. The van der Waals surface area contributed by atoms with Crippen LogP contribution >= 0.6 is 0 Å². The summed E-state index contributed by atoms with van der Waals surface area (Å²) >= 11 is 0. The predicted molar refractivity (Wildman–Crippen MR) is 239 cm³/mol. The number of benzene rings is 2. The fourth-order valence-corrected chi connectivity index (χ4v) is 9.69. The first-order chi connectivity index (χ1) is 30.0. The molecular formula is C46H56N10O6Si. The molecule has 17 heteroatoms. The van der Waals surface area contributed by atoms with E-state index in [9.17, 15) is 14.7 Å². The smallest absolute Gasteiger partial charge is 0.256 e. The number of aliphatic hydroxyl groups excluding tert-OH is 1. The summed E-state index contributed by atoms with van der Waals surface area (Å²) in [6, 6.07) is 18.0. The van der Waals surface area contributed by atoms with Crippen LogP contribution in [-0.4, -0.2) is 88.7 Å². The first-order valence-electron chi connectivity index (χ1n) is 21.8. The molecule has 0 bridgehead atoms. The zero-order valence-electron chi connectivity index (χ0n) is 36.9. The number of carbonyl (C=O) groups is 2. The minimum absolute atomic E-state index is 0.0323. The van der Waals surface area contributed by atoms with Gasteiger partial charge in [-0.3, -0.25) is 18.7 Å². The van der Waals surface area contributed by atoms with Gasteiger partial charge in [-0.2, -0.15) is 0 Å². The van der Waals surface area contributed by atoms with Gasteiger partial charge in [0, 0.05) is 24.0 Å². The van der Waals surface area contributed by atoms with Gasteiger partial charge in [0.25, 0.3) is 11.8 Å². The number of nitrogens with one attached hydrogen (secondary N) is 2. The molecule has 10 rings (SSSR count). The summed E-state index contributed by atoms with van der Waals surface area (Å²) in [6.07, 6.45) is 10.7. The zero-order chi connectivity index (χ0) is 44.3. The van der Waals surface area contributed by atoms with Gasteiger partial charge in [0.2, 0.25) is 0 Å². The summed E-state index contributed by atoms with van der Waals surface area (Å²) < 4.78 is 23.5. The Morgan fingerprint density at radius 2 is 1.14 bits per heavy atom. The highest BCUT2D eigenvalue weighted by Crippen LogP contribution is 2.56. The van der Waals surface area contributed by atoms with Gasteiger partial charge in [0.1, 0.15) is 25.1 Å². The van der Waals surface area contributed by atoms with Crippen LogP contribution in [0, 0.1) is 10.8 Å². The Hall–Kier alpha value is -5.46. The van der Waals surface area contributed by atoms with E-state index in [2.05, 4.69) is 88.3 Å². The van der Waals surface area contributed by atoms with E-state index in [1.165, 1.54) is 12.7 Å². The first-order valence-corrected chi connectivity index (χ1v) is 24.7. The number of ether oxygens (including phenoxy) is 2. The summed E-state index contributed by atoms with van der Waals surface area (Å²) in [5.41, 5.74) is 3.56. The zero-order valence-corrected chi connectivity index (χ0v) is 37.9. The SMILES string of the molecule is CC1([C@H]2O[C@@H](n3cnc4c(NC(=O)c5ccccc5)ncnc43)C[C@H]2O)CC1.CC1([C@H]2O[C@@H](n3cnc4c(NC(=O)c5ccccc5)ncnc43)C[C@H]2O[Si](C)(C)C(C)(C)C)CC1. The van der Waals surface area contributed by atoms with Crippen molar-refractivity contribution in [1.29, 1.82) is 0 Å². The van der Waals surface area contributed by atoms with Crippen molar-refractivity contribution in [2.45, 2.75) is 128 Å². The number of imidazole rings is 2. The molecule has 6 heterocycles. The van der Waals surface area contributed by atoms with Gasteiger partial charge in [0.15, 0.2) is 42.3 Å². The molecule has 4 aliphatic rings. The average Bonchev–Trinajstić information content (AvgIpc) is 3.83. The second-order valence-corrected chi connectivity index (χ2v) is 24.3. The average molecular weight is 873 g/mol. The largest absolute Gasteiger partial charge is 0.411 e. The number of aliphatic hydroxyl groups is 1. The molecule has 63 heavy (non-hydrogen) atoms. The van der Waals surface area contributed by atoms with Crippen LogP contribution in [0.5, 0.6) is 0 Å². The Labute approximate surface area is 367 Å². The predicted octanol–water partition coefficient (Wildman–Crippen LogP) is 8.08. The minimum atomic E-state index is -1.97. The van der Waals surface area contributed by atoms with E-state index in [0.717, 1.165) is 32.1 Å². The van der Waals surface area contributed by atoms with Crippen LogP contribution in [0.2, 0.25) is 18.1 Å². The van der Waals surface area contributed by atoms with Gasteiger partial charge < -0.3 is 29.6 Å². The number of carbonyl (C=O) groups excluding carboxylic acids is 2. The molecule has 2 saturated carbocycles. The number of anilines is 2. The van der Waals surface area contributed by atoms with E-state index in [1.807, 2.05) is 33.4 Å². The lowest BCUT2D eigenvalue weighted by Gasteiger charge is -2.40. The Morgan fingerprint density at radius 3 is 1.60 bits per heavy atom. The third-order valence-electron chi connectivity index (χ3n) is 13.7. The molecule has 330 valence electrons. The fourth-order valence-electron chi connectivity index (χ4n) is 8.36. The number of rotatable bonds is 10. The maximum absolute atomic E-state index is 12.7.